The summed E-state index contributed by atoms with van der Waals surface area (Å²) in [5.41, 5.74) is 9.08. The van der Waals surface area contributed by atoms with E-state index < -0.39 is 33.5 Å². The van der Waals surface area contributed by atoms with E-state index in [1.807, 2.05) is 51.1 Å². The highest BCUT2D eigenvalue weighted by molar-refractivity contribution is 7.53. The fourth-order valence-corrected chi connectivity index (χ4v) is 11.9. The average Bonchev–Trinajstić information content (AvgIpc) is 3.85. The Morgan fingerprint density at radius 3 is 2.23 bits per heavy atom. The van der Waals surface area contributed by atoms with Crippen LogP contribution in [0.25, 0.3) is 0 Å². The summed E-state index contributed by atoms with van der Waals surface area (Å²) < 4.78 is 75.9. The third kappa shape index (κ3) is 9.37. The molecular weight excluding hydrogens is 904 g/mol. The molecule has 2 aliphatic heterocycles. The molecule has 2 aliphatic carbocycles. The minimum atomic E-state index is -4.30. The molecule has 2 heterocycles. The quantitative estimate of drug-likeness (QED) is 0.0968. The van der Waals surface area contributed by atoms with Crippen molar-refractivity contribution in [2.45, 2.75) is 82.7 Å². The van der Waals surface area contributed by atoms with Crippen LogP contribution in [0.5, 0.6) is 28.7 Å². The van der Waals surface area contributed by atoms with Gasteiger partial charge < -0.3 is 38.4 Å². The predicted molar refractivity (Wildman–Crippen MR) is 242 cm³/mol. The number of hydrogen-bond donors (Lipinski definition) is 3. The number of phenolic OH excluding ortho intramolecular Hbond substituents is 1. The summed E-state index contributed by atoms with van der Waals surface area (Å²) in [6.07, 6.45) is 1.84. The van der Waals surface area contributed by atoms with Crippen LogP contribution in [0.4, 0.5) is 4.39 Å². The van der Waals surface area contributed by atoms with Crippen LogP contribution in [0.15, 0.2) is 72.8 Å². The maximum absolute atomic E-state index is 15.2. The molecule has 2 saturated heterocycles. The van der Waals surface area contributed by atoms with E-state index >= 15 is 4.39 Å². The van der Waals surface area contributed by atoms with Gasteiger partial charge >= 0.3 is 15.2 Å². The topological polar surface area (TPSA) is 150 Å². The summed E-state index contributed by atoms with van der Waals surface area (Å²) in [5, 5.41) is 11.1. The lowest BCUT2D eigenvalue weighted by molar-refractivity contribution is 0.00765. The van der Waals surface area contributed by atoms with E-state index in [9.17, 15) is 24.0 Å². The molecule has 0 spiro atoms. The Balaban J connectivity index is 0.868. The van der Waals surface area contributed by atoms with Gasteiger partial charge in [-0.15, -0.1) is 0 Å². The smallest absolute Gasteiger partial charge is 0.368 e. The van der Waals surface area contributed by atoms with Gasteiger partial charge in [-0.1, -0.05) is 55.2 Å². The van der Waals surface area contributed by atoms with Gasteiger partial charge in [0.2, 0.25) is 0 Å². The molecular formula is C48H49Cl2FO11P2. The lowest BCUT2D eigenvalue weighted by Crippen LogP contribution is -2.25. The van der Waals surface area contributed by atoms with Gasteiger partial charge in [-0.25, -0.2) is 4.39 Å². The molecule has 3 N–H and O–H groups in total. The lowest BCUT2D eigenvalue weighted by Gasteiger charge is -2.30. The van der Waals surface area contributed by atoms with E-state index in [0.717, 1.165) is 46.2 Å². The van der Waals surface area contributed by atoms with E-state index in [0.29, 0.717) is 82.2 Å². The third-order valence-corrected chi connectivity index (χ3v) is 15.4. The summed E-state index contributed by atoms with van der Waals surface area (Å²) in [6, 6.07) is 21.7. The Labute approximate surface area is 381 Å². The first-order chi connectivity index (χ1) is 30.5. The van der Waals surface area contributed by atoms with Gasteiger partial charge in [-0.2, -0.15) is 0 Å². The van der Waals surface area contributed by atoms with Crippen LogP contribution < -0.4 is 14.2 Å². The number of halogens is 3. The average molecular weight is 954 g/mol. The van der Waals surface area contributed by atoms with Crippen molar-refractivity contribution in [3.63, 3.8) is 0 Å². The Bertz CT molecular complexity index is 2720. The fraction of sp³-hybridized carbons (Fsp3) is 0.375. The summed E-state index contributed by atoms with van der Waals surface area (Å²) in [5.74, 6) is 1.44. The Morgan fingerprint density at radius 1 is 0.828 bits per heavy atom. The zero-order valence-corrected chi connectivity index (χ0v) is 38.8. The van der Waals surface area contributed by atoms with Crippen LogP contribution in [0.3, 0.4) is 0 Å². The molecule has 0 amide bonds. The zero-order valence-electron chi connectivity index (χ0n) is 35.5. The fourth-order valence-electron chi connectivity index (χ4n) is 9.52. The predicted octanol–water partition coefficient (Wildman–Crippen LogP) is 12.6. The third-order valence-electron chi connectivity index (χ3n) is 12.7. The summed E-state index contributed by atoms with van der Waals surface area (Å²) in [7, 11) is -8.03. The summed E-state index contributed by atoms with van der Waals surface area (Å²) in [4.78, 5) is 18.6. The number of hydrogen-bond acceptors (Lipinski definition) is 9. The van der Waals surface area contributed by atoms with E-state index in [-0.39, 0.29) is 42.4 Å². The Hall–Kier alpha value is -3.93. The van der Waals surface area contributed by atoms with Crippen molar-refractivity contribution in [3.05, 3.63) is 144 Å². The van der Waals surface area contributed by atoms with E-state index in [1.165, 1.54) is 11.6 Å². The second-order valence-corrected chi connectivity index (χ2v) is 21.8. The molecule has 9 rings (SSSR count). The van der Waals surface area contributed by atoms with Gasteiger partial charge in [0, 0.05) is 40.8 Å². The van der Waals surface area contributed by atoms with Gasteiger partial charge in [0.1, 0.15) is 34.6 Å². The van der Waals surface area contributed by atoms with Crippen molar-refractivity contribution < 1.29 is 56.4 Å². The van der Waals surface area contributed by atoms with Gasteiger partial charge in [-0.05, 0) is 137 Å². The van der Waals surface area contributed by atoms with Crippen LogP contribution in [0.2, 0.25) is 10.0 Å². The molecule has 5 aromatic carbocycles. The molecule has 0 aromatic heterocycles. The van der Waals surface area contributed by atoms with Crippen molar-refractivity contribution in [3.8, 4) is 28.7 Å². The first kappa shape index (κ1) is 45.2. The highest BCUT2D eigenvalue weighted by Gasteiger charge is 2.37. The van der Waals surface area contributed by atoms with Gasteiger partial charge in [-0.3, -0.25) is 13.7 Å². The minimum absolute atomic E-state index is 0.0148. The number of benzene rings is 5. The SMILES string of the molecule is Cc1cc(OCP(=O)(O)O)cc2c1[C@@H](c1ccc(Oc3ccc([C@@H]4CCOP(=O)(COc5cc(Cl)c6c(c5)CC[C@H]6c5cc(C(C)C)c(O)cc5F)O4)cc3Cl)c(C3COC3)c1)CC2. The minimum Gasteiger partial charge on any atom is -0.508 e. The maximum Gasteiger partial charge on any atom is 0.368 e. The largest absolute Gasteiger partial charge is 0.508 e. The standard InChI is InChI=1S/C48H49Cl2FO11P2/c1-26(2)37-20-39(42(51)21-43(37)52)36-9-5-31-16-34(19-41(50)48(31)36)59-25-64(56)60-13-12-44(62-64)29-7-11-46(40(49)18-29)61-45-10-6-28(17-38(45)32-22-57-23-32)35-8-4-30-15-33(14-27(3)47(30)35)58-24-63(53,54)55/h6-7,10-11,14-21,26,32,35-36,44,52H,4-5,8-9,12-13,22-25H2,1-3H3,(H2,53,54,55)/t35-,36+,44+,64?/m1/s1. The number of aromatic hydroxyl groups is 1. The Kier molecular flexibility index (Phi) is 12.8. The number of rotatable bonds is 13. The molecule has 64 heavy (non-hydrogen) atoms. The maximum atomic E-state index is 15.2. The highest BCUT2D eigenvalue weighted by atomic mass is 35.5. The van der Waals surface area contributed by atoms with E-state index in [4.69, 9.17) is 51.2 Å². The normalized spacial score (nSPS) is 22.0. The molecule has 4 atom stereocenters. The van der Waals surface area contributed by atoms with Gasteiger partial charge in [0.15, 0.2) is 12.7 Å². The lowest BCUT2D eigenvalue weighted by atomic mass is 9.86. The van der Waals surface area contributed by atoms with Crippen molar-refractivity contribution in [1.82, 2.24) is 0 Å². The monoisotopic (exact) mass is 952 g/mol. The molecule has 0 radical (unpaired) electrons. The summed E-state index contributed by atoms with van der Waals surface area (Å²) >= 11 is 13.7. The van der Waals surface area contributed by atoms with Gasteiger partial charge in [0.05, 0.1) is 30.9 Å². The molecule has 338 valence electrons. The molecule has 5 aromatic rings. The molecule has 4 aliphatic rings. The second-order valence-electron chi connectivity index (χ2n) is 17.4. The van der Waals surface area contributed by atoms with Crippen LogP contribution in [0, 0.1) is 12.7 Å². The number of phenols is 1. The van der Waals surface area contributed by atoms with Crippen LogP contribution >= 0.6 is 38.4 Å². The molecule has 1 unspecified atom stereocenters. The molecule has 11 nitrogen and oxygen atoms in total. The highest BCUT2D eigenvalue weighted by Crippen LogP contribution is 2.57. The Morgan fingerprint density at radius 2 is 1.53 bits per heavy atom. The first-order valence-electron chi connectivity index (χ1n) is 21.4. The van der Waals surface area contributed by atoms with Gasteiger partial charge in [0.25, 0.3) is 0 Å². The summed E-state index contributed by atoms with van der Waals surface area (Å²) in [6.45, 7) is 7.21. The van der Waals surface area contributed by atoms with E-state index in [1.54, 1.807) is 24.3 Å². The van der Waals surface area contributed by atoms with Crippen molar-refractivity contribution >= 4 is 38.4 Å². The second kappa shape index (κ2) is 18.0. The molecule has 2 fully saturated rings. The van der Waals surface area contributed by atoms with Crippen LogP contribution in [-0.2, 0) is 35.8 Å². The van der Waals surface area contributed by atoms with Crippen LogP contribution in [0.1, 0.15) is 119 Å². The van der Waals surface area contributed by atoms with Crippen molar-refractivity contribution in [2.75, 3.05) is 32.5 Å². The molecule has 16 heteroatoms. The number of fused-ring (bicyclic) bond motifs is 2. The zero-order chi connectivity index (χ0) is 45.1. The van der Waals surface area contributed by atoms with Crippen molar-refractivity contribution in [2.24, 2.45) is 0 Å². The number of aryl methyl sites for hydroxylation is 3. The number of ether oxygens (including phenoxy) is 4. The molecule has 0 bridgehead atoms. The van der Waals surface area contributed by atoms with Crippen molar-refractivity contribution in [1.29, 1.82) is 0 Å². The first-order valence-corrected chi connectivity index (χ1v) is 25.7. The van der Waals surface area contributed by atoms with E-state index in [2.05, 4.69) is 12.1 Å². The molecule has 0 saturated carbocycles. The van der Waals surface area contributed by atoms with Crippen LogP contribution in [-0.4, -0.2) is 47.4 Å².